The van der Waals surface area contributed by atoms with Gasteiger partial charge in [-0.3, -0.25) is 14.3 Å². The summed E-state index contributed by atoms with van der Waals surface area (Å²) in [5, 5.41) is 21.6. The number of carbonyl (C=O) groups is 2. The molecule has 254 valence electrons. The zero-order valence-electron chi connectivity index (χ0n) is 28.3. The van der Waals surface area contributed by atoms with E-state index in [9.17, 15) is 14.7 Å². The van der Waals surface area contributed by atoms with Gasteiger partial charge in [-0.1, -0.05) is 43.3 Å². The van der Waals surface area contributed by atoms with Crippen molar-refractivity contribution in [3.63, 3.8) is 0 Å². The quantitative estimate of drug-likeness (QED) is 0.334. The van der Waals surface area contributed by atoms with Crippen LogP contribution in [-0.4, -0.2) is 93.1 Å². The second-order valence-corrected chi connectivity index (χ2v) is 14.2. The van der Waals surface area contributed by atoms with E-state index < -0.39 is 12.0 Å². The molecule has 0 radical (unpaired) electrons. The van der Waals surface area contributed by atoms with Gasteiger partial charge in [-0.2, -0.15) is 5.10 Å². The lowest BCUT2D eigenvalue weighted by Gasteiger charge is -2.36. The fraction of sp³-hybridized carbons (Fsp3) is 0.611. The number of anilines is 1. The molecule has 2 unspecified atom stereocenters. The standard InChI is InChI=1S/C36H51N7O4/c1-24(2)34(32-22-33(39-47-32)42-20-12-26(13-21-42)23-41-18-14-29(44)15-19-41)36(46)43-17-5-6-31(43)35(45)38-25(3)27-7-9-28(10-8-27)30-11-16-37-40(30)4/h7-11,16,22,24-26,29,31,34,44H,5-6,12-15,17-21,23H2,1-4H3,(H,38,45)/t25-,31?,34?/m0/s1. The van der Waals surface area contributed by atoms with Crippen molar-refractivity contribution in [1.29, 1.82) is 0 Å². The van der Waals surface area contributed by atoms with Gasteiger partial charge >= 0.3 is 0 Å². The van der Waals surface area contributed by atoms with Crippen LogP contribution in [0, 0.1) is 11.8 Å². The molecule has 3 aliphatic heterocycles. The molecule has 3 atom stereocenters. The van der Waals surface area contributed by atoms with E-state index in [4.69, 9.17) is 4.52 Å². The lowest BCUT2D eigenvalue weighted by molar-refractivity contribution is -0.141. The monoisotopic (exact) mass is 645 g/mol. The smallest absolute Gasteiger partial charge is 0.243 e. The molecule has 2 aromatic heterocycles. The number of rotatable bonds is 10. The molecule has 11 nitrogen and oxygen atoms in total. The van der Waals surface area contributed by atoms with Crippen molar-refractivity contribution in [1.82, 2.24) is 30.1 Å². The minimum atomic E-state index is -0.510. The van der Waals surface area contributed by atoms with E-state index in [0.29, 0.717) is 24.6 Å². The van der Waals surface area contributed by atoms with E-state index in [1.807, 2.05) is 68.9 Å². The van der Waals surface area contributed by atoms with Crippen LogP contribution in [0.15, 0.2) is 47.1 Å². The van der Waals surface area contributed by atoms with Crippen LogP contribution in [0.25, 0.3) is 11.3 Å². The molecule has 3 aromatic rings. The molecule has 11 heteroatoms. The predicted octanol–water partition coefficient (Wildman–Crippen LogP) is 4.36. The number of hydrogen-bond donors (Lipinski definition) is 2. The Balaban J connectivity index is 1.05. The van der Waals surface area contributed by atoms with Gasteiger partial charge in [-0.25, -0.2) is 0 Å². The Morgan fingerprint density at radius 2 is 1.70 bits per heavy atom. The second-order valence-electron chi connectivity index (χ2n) is 14.2. The van der Waals surface area contributed by atoms with Crippen molar-refractivity contribution in [2.45, 2.75) is 83.4 Å². The number of carbonyl (C=O) groups excluding carboxylic acids is 2. The van der Waals surface area contributed by atoms with Crippen molar-refractivity contribution < 1.29 is 19.2 Å². The van der Waals surface area contributed by atoms with Crippen LogP contribution in [0.3, 0.4) is 0 Å². The van der Waals surface area contributed by atoms with Gasteiger partial charge in [0.15, 0.2) is 11.6 Å². The Morgan fingerprint density at radius 3 is 2.36 bits per heavy atom. The first-order chi connectivity index (χ1) is 22.7. The third-order valence-electron chi connectivity index (χ3n) is 10.5. The number of piperidine rings is 2. The summed E-state index contributed by atoms with van der Waals surface area (Å²) < 4.78 is 7.70. The minimum Gasteiger partial charge on any atom is -0.393 e. The zero-order valence-corrected chi connectivity index (χ0v) is 28.3. The molecule has 6 rings (SSSR count). The lowest BCUT2D eigenvalue weighted by atomic mass is 9.91. The second kappa shape index (κ2) is 14.6. The average molecular weight is 646 g/mol. The summed E-state index contributed by atoms with van der Waals surface area (Å²) in [6, 6.07) is 11.4. The first-order valence-electron chi connectivity index (χ1n) is 17.5. The van der Waals surface area contributed by atoms with Crippen molar-refractivity contribution in [2.75, 3.05) is 44.2 Å². The zero-order chi connectivity index (χ0) is 33.1. The SMILES string of the molecule is CC(C)C(C(=O)N1CCCC1C(=O)N[C@@H](C)c1ccc(-c2ccnn2C)cc1)c1cc(N2CCC(CN3CCC(O)CC3)CC2)no1. The third-order valence-corrected chi connectivity index (χ3v) is 10.5. The molecule has 0 bridgehead atoms. The maximum Gasteiger partial charge on any atom is 0.243 e. The van der Waals surface area contributed by atoms with Crippen LogP contribution >= 0.6 is 0 Å². The Hall–Kier alpha value is -3.70. The summed E-state index contributed by atoms with van der Waals surface area (Å²) in [6.45, 7) is 11.5. The molecule has 5 heterocycles. The molecule has 1 aromatic carbocycles. The van der Waals surface area contributed by atoms with Crippen molar-refractivity contribution >= 4 is 17.6 Å². The number of hydrogen-bond acceptors (Lipinski definition) is 8. The van der Waals surface area contributed by atoms with Crippen LogP contribution in [0.2, 0.25) is 0 Å². The average Bonchev–Trinajstić information content (AvgIpc) is 3.84. The van der Waals surface area contributed by atoms with Crippen LogP contribution in [-0.2, 0) is 16.6 Å². The summed E-state index contributed by atoms with van der Waals surface area (Å²) in [5.74, 6) is 1.29. The minimum absolute atomic E-state index is 0.0155. The van der Waals surface area contributed by atoms with Crippen molar-refractivity contribution in [2.24, 2.45) is 18.9 Å². The predicted molar refractivity (Wildman–Crippen MR) is 181 cm³/mol. The Labute approximate surface area is 278 Å². The number of amides is 2. The maximum absolute atomic E-state index is 14.1. The molecular weight excluding hydrogens is 594 g/mol. The van der Waals surface area contributed by atoms with Crippen LogP contribution < -0.4 is 10.2 Å². The van der Waals surface area contributed by atoms with Crippen molar-refractivity contribution in [3.05, 3.63) is 53.9 Å². The summed E-state index contributed by atoms with van der Waals surface area (Å²) >= 11 is 0. The fourth-order valence-corrected chi connectivity index (χ4v) is 7.60. The van der Waals surface area contributed by atoms with E-state index >= 15 is 0 Å². The Morgan fingerprint density at radius 1 is 0.979 bits per heavy atom. The highest BCUT2D eigenvalue weighted by molar-refractivity contribution is 5.91. The number of nitrogens with one attached hydrogen (secondary N) is 1. The fourth-order valence-electron chi connectivity index (χ4n) is 7.60. The summed E-state index contributed by atoms with van der Waals surface area (Å²) in [5.41, 5.74) is 3.10. The Kier molecular flexibility index (Phi) is 10.3. The first-order valence-corrected chi connectivity index (χ1v) is 17.5. The van der Waals surface area contributed by atoms with Gasteiger partial charge in [0.05, 0.1) is 17.8 Å². The van der Waals surface area contributed by atoms with Crippen LogP contribution in [0.1, 0.15) is 82.6 Å². The Bertz CT molecular complexity index is 1480. The largest absolute Gasteiger partial charge is 0.393 e. The first kappa shape index (κ1) is 33.2. The summed E-state index contributed by atoms with van der Waals surface area (Å²) in [6.07, 6.45) is 7.00. The van der Waals surface area contributed by atoms with Gasteiger partial charge in [0.2, 0.25) is 11.8 Å². The van der Waals surface area contributed by atoms with Gasteiger partial charge in [-0.15, -0.1) is 0 Å². The number of benzene rings is 1. The molecule has 47 heavy (non-hydrogen) atoms. The number of aliphatic hydroxyl groups is 1. The number of aryl methyl sites for hydroxylation is 1. The van der Waals surface area contributed by atoms with Crippen LogP contribution in [0.4, 0.5) is 5.82 Å². The molecule has 0 aliphatic carbocycles. The normalized spacial score (nSPS) is 21.4. The maximum atomic E-state index is 14.1. The van der Waals surface area contributed by atoms with Gasteiger partial charge in [0.1, 0.15) is 12.0 Å². The topological polar surface area (TPSA) is 120 Å². The van der Waals surface area contributed by atoms with E-state index in [1.165, 1.54) is 0 Å². The molecule has 2 amide bonds. The van der Waals surface area contributed by atoms with Crippen LogP contribution in [0.5, 0.6) is 0 Å². The van der Waals surface area contributed by atoms with Gasteiger partial charge in [-0.05, 0) is 74.5 Å². The number of likely N-dealkylation sites (tertiary alicyclic amines) is 2. The highest BCUT2D eigenvalue weighted by Crippen LogP contribution is 2.34. The van der Waals surface area contributed by atoms with E-state index in [0.717, 1.165) is 87.5 Å². The molecule has 3 fully saturated rings. The van der Waals surface area contributed by atoms with Crippen molar-refractivity contribution in [3.8, 4) is 11.3 Å². The molecular formula is C36H51N7O4. The van der Waals surface area contributed by atoms with E-state index in [2.05, 4.69) is 25.4 Å². The molecule has 0 saturated carbocycles. The lowest BCUT2D eigenvalue weighted by Crippen LogP contribution is -2.48. The molecule has 2 N–H and O–H groups in total. The van der Waals surface area contributed by atoms with Gasteiger partial charge < -0.3 is 29.6 Å². The van der Waals surface area contributed by atoms with E-state index in [-0.39, 0.29) is 29.9 Å². The molecule has 0 spiro atoms. The highest BCUT2D eigenvalue weighted by Gasteiger charge is 2.40. The van der Waals surface area contributed by atoms with Gasteiger partial charge in [0, 0.05) is 58.6 Å². The highest BCUT2D eigenvalue weighted by atomic mass is 16.5. The van der Waals surface area contributed by atoms with E-state index in [1.54, 1.807) is 11.1 Å². The molecule has 3 aliphatic rings. The van der Waals surface area contributed by atoms with Gasteiger partial charge in [0.25, 0.3) is 0 Å². The summed E-state index contributed by atoms with van der Waals surface area (Å²) in [4.78, 5) is 34.2. The summed E-state index contributed by atoms with van der Waals surface area (Å²) in [7, 11) is 1.92. The number of nitrogens with zero attached hydrogens (tertiary/aromatic N) is 6. The molecule has 3 saturated heterocycles. The third kappa shape index (κ3) is 7.56. The number of aliphatic hydroxyl groups excluding tert-OH is 1. The number of aromatic nitrogens is 3.